The summed E-state index contributed by atoms with van der Waals surface area (Å²) in [4.78, 5) is 0. The van der Waals surface area contributed by atoms with E-state index in [4.69, 9.17) is 5.11 Å². The molecule has 0 heterocycles. The zero-order valence-corrected chi connectivity index (χ0v) is 11.3. The average molecular weight is 272 g/mol. The summed E-state index contributed by atoms with van der Waals surface area (Å²) in [5.41, 5.74) is 1.58. The van der Waals surface area contributed by atoms with Crippen LogP contribution in [0.4, 0.5) is 5.69 Å². The fraction of sp³-hybridized carbons (Fsp3) is 0.500. The highest BCUT2D eigenvalue weighted by molar-refractivity contribution is 7.92. The largest absolute Gasteiger partial charge is 0.396 e. The molecule has 102 valence electrons. The van der Waals surface area contributed by atoms with Crippen molar-refractivity contribution in [1.82, 2.24) is 5.32 Å². The van der Waals surface area contributed by atoms with Crippen LogP contribution in [0.25, 0.3) is 0 Å². The van der Waals surface area contributed by atoms with Crippen LogP contribution < -0.4 is 10.0 Å². The van der Waals surface area contributed by atoms with Gasteiger partial charge in [0.15, 0.2) is 0 Å². The Kier molecular flexibility index (Phi) is 6.11. The fourth-order valence-corrected chi connectivity index (χ4v) is 2.60. The molecule has 1 rings (SSSR count). The number of sulfonamides is 1. The number of hydrogen-bond donors (Lipinski definition) is 3. The van der Waals surface area contributed by atoms with Gasteiger partial charge in [-0.2, -0.15) is 0 Å². The monoisotopic (exact) mass is 272 g/mol. The van der Waals surface area contributed by atoms with Gasteiger partial charge in [0.1, 0.15) is 0 Å². The standard InChI is InChI=1S/C12H20N2O3S/c1-13-7-9-18(16,17)14-12-6-2-4-11(10-12)5-3-8-15/h2,4,6,10,13-15H,3,5,7-9H2,1H3. The SMILES string of the molecule is CNCCS(=O)(=O)Nc1cccc(CCCO)c1. The smallest absolute Gasteiger partial charge is 0.233 e. The van der Waals surface area contributed by atoms with Crippen LogP contribution >= 0.6 is 0 Å². The van der Waals surface area contributed by atoms with Gasteiger partial charge in [0.2, 0.25) is 10.0 Å². The highest BCUT2D eigenvalue weighted by Crippen LogP contribution is 2.13. The Balaban J connectivity index is 2.66. The summed E-state index contributed by atoms with van der Waals surface area (Å²) in [5, 5.41) is 11.6. The first-order valence-corrected chi connectivity index (χ1v) is 7.57. The molecule has 0 aliphatic heterocycles. The van der Waals surface area contributed by atoms with E-state index in [0.717, 1.165) is 12.0 Å². The second-order valence-electron chi connectivity index (χ2n) is 4.05. The van der Waals surface area contributed by atoms with E-state index in [1.165, 1.54) is 0 Å². The minimum atomic E-state index is -3.30. The average Bonchev–Trinajstić information content (AvgIpc) is 2.34. The van der Waals surface area contributed by atoms with Gasteiger partial charge in [-0.05, 0) is 37.6 Å². The van der Waals surface area contributed by atoms with Crippen LogP contribution in [0, 0.1) is 0 Å². The van der Waals surface area contributed by atoms with E-state index in [0.29, 0.717) is 18.7 Å². The third-order valence-electron chi connectivity index (χ3n) is 2.44. The van der Waals surface area contributed by atoms with Crippen molar-refractivity contribution in [1.29, 1.82) is 0 Å². The molecule has 0 unspecified atom stereocenters. The predicted octanol–water partition coefficient (Wildman–Crippen LogP) is 0.573. The van der Waals surface area contributed by atoms with Crippen LogP contribution in [0.15, 0.2) is 24.3 Å². The Labute approximate surface area is 108 Å². The summed E-state index contributed by atoms with van der Waals surface area (Å²) in [6.45, 7) is 0.553. The van der Waals surface area contributed by atoms with Crippen molar-refractivity contribution in [3.8, 4) is 0 Å². The highest BCUT2D eigenvalue weighted by atomic mass is 32.2. The number of anilines is 1. The van der Waals surface area contributed by atoms with Crippen LogP contribution in [-0.2, 0) is 16.4 Å². The number of aliphatic hydroxyl groups is 1. The van der Waals surface area contributed by atoms with Crippen molar-refractivity contribution in [3.63, 3.8) is 0 Å². The van der Waals surface area contributed by atoms with Gasteiger partial charge in [-0.25, -0.2) is 8.42 Å². The molecule has 5 nitrogen and oxygen atoms in total. The van der Waals surface area contributed by atoms with Gasteiger partial charge in [-0.1, -0.05) is 12.1 Å². The van der Waals surface area contributed by atoms with E-state index in [-0.39, 0.29) is 12.4 Å². The molecular formula is C12H20N2O3S. The molecule has 0 saturated carbocycles. The van der Waals surface area contributed by atoms with Crippen molar-refractivity contribution in [3.05, 3.63) is 29.8 Å². The third-order valence-corrected chi connectivity index (χ3v) is 3.73. The molecular weight excluding hydrogens is 252 g/mol. The van der Waals surface area contributed by atoms with E-state index in [9.17, 15) is 8.42 Å². The van der Waals surface area contributed by atoms with E-state index in [1.807, 2.05) is 12.1 Å². The first-order chi connectivity index (χ1) is 8.57. The summed E-state index contributed by atoms with van der Waals surface area (Å²) in [7, 11) is -1.58. The van der Waals surface area contributed by atoms with Crippen molar-refractivity contribution in [2.75, 3.05) is 30.7 Å². The van der Waals surface area contributed by atoms with Crippen molar-refractivity contribution < 1.29 is 13.5 Å². The summed E-state index contributed by atoms with van der Waals surface area (Å²) in [6.07, 6.45) is 1.42. The lowest BCUT2D eigenvalue weighted by molar-refractivity contribution is 0.288. The van der Waals surface area contributed by atoms with Gasteiger partial charge < -0.3 is 10.4 Å². The first kappa shape index (κ1) is 14.9. The Bertz CT molecular complexity index is 460. The van der Waals surface area contributed by atoms with Gasteiger partial charge in [0, 0.05) is 18.8 Å². The minimum absolute atomic E-state index is 0.0460. The van der Waals surface area contributed by atoms with E-state index in [1.54, 1.807) is 19.2 Å². The van der Waals surface area contributed by atoms with Crippen LogP contribution in [0.5, 0.6) is 0 Å². The molecule has 0 saturated heterocycles. The van der Waals surface area contributed by atoms with E-state index in [2.05, 4.69) is 10.0 Å². The molecule has 0 aromatic heterocycles. The summed E-state index contributed by atoms with van der Waals surface area (Å²) in [6, 6.07) is 7.25. The van der Waals surface area contributed by atoms with E-state index >= 15 is 0 Å². The number of nitrogens with one attached hydrogen (secondary N) is 2. The lowest BCUT2D eigenvalue weighted by Crippen LogP contribution is -2.24. The maximum Gasteiger partial charge on any atom is 0.233 e. The summed E-state index contributed by atoms with van der Waals surface area (Å²) in [5.74, 6) is 0.0460. The predicted molar refractivity (Wildman–Crippen MR) is 73.2 cm³/mol. The van der Waals surface area contributed by atoms with Gasteiger partial charge in [-0.3, -0.25) is 4.72 Å². The number of aryl methyl sites for hydroxylation is 1. The first-order valence-electron chi connectivity index (χ1n) is 5.92. The summed E-state index contributed by atoms with van der Waals surface area (Å²) >= 11 is 0. The molecule has 1 aromatic rings. The lowest BCUT2D eigenvalue weighted by Gasteiger charge is -2.09. The molecule has 0 spiro atoms. The molecule has 0 atom stereocenters. The highest BCUT2D eigenvalue weighted by Gasteiger charge is 2.09. The molecule has 0 aliphatic rings. The quantitative estimate of drug-likeness (QED) is 0.646. The minimum Gasteiger partial charge on any atom is -0.396 e. The Hall–Kier alpha value is -1.11. The van der Waals surface area contributed by atoms with Gasteiger partial charge in [0.05, 0.1) is 5.75 Å². The van der Waals surface area contributed by atoms with Crippen molar-refractivity contribution in [2.24, 2.45) is 0 Å². The van der Waals surface area contributed by atoms with Gasteiger partial charge in [0.25, 0.3) is 0 Å². The topological polar surface area (TPSA) is 78.4 Å². The molecule has 0 amide bonds. The molecule has 1 aromatic carbocycles. The lowest BCUT2D eigenvalue weighted by atomic mass is 10.1. The maximum atomic E-state index is 11.7. The van der Waals surface area contributed by atoms with Crippen molar-refractivity contribution in [2.45, 2.75) is 12.8 Å². The van der Waals surface area contributed by atoms with Crippen LogP contribution in [0.1, 0.15) is 12.0 Å². The molecule has 18 heavy (non-hydrogen) atoms. The van der Waals surface area contributed by atoms with Crippen LogP contribution in [0.2, 0.25) is 0 Å². The van der Waals surface area contributed by atoms with Crippen molar-refractivity contribution >= 4 is 15.7 Å². The van der Waals surface area contributed by atoms with Gasteiger partial charge >= 0.3 is 0 Å². The molecule has 6 heteroatoms. The third kappa shape index (κ3) is 5.48. The fourth-order valence-electron chi connectivity index (χ4n) is 1.54. The normalized spacial score (nSPS) is 11.4. The Morgan fingerprint density at radius 3 is 2.78 bits per heavy atom. The van der Waals surface area contributed by atoms with Crippen LogP contribution in [0.3, 0.4) is 0 Å². The molecule has 3 N–H and O–H groups in total. The maximum absolute atomic E-state index is 11.7. The zero-order valence-electron chi connectivity index (χ0n) is 10.5. The van der Waals surface area contributed by atoms with E-state index < -0.39 is 10.0 Å². The number of benzene rings is 1. The number of rotatable bonds is 8. The molecule has 0 fully saturated rings. The molecule has 0 bridgehead atoms. The Morgan fingerprint density at radius 2 is 2.11 bits per heavy atom. The Morgan fingerprint density at radius 1 is 1.33 bits per heavy atom. The number of aliphatic hydroxyl groups excluding tert-OH is 1. The second kappa shape index (κ2) is 7.35. The molecule has 0 radical (unpaired) electrons. The van der Waals surface area contributed by atoms with Gasteiger partial charge in [-0.15, -0.1) is 0 Å². The second-order valence-corrected chi connectivity index (χ2v) is 5.89. The molecule has 0 aliphatic carbocycles. The number of hydrogen-bond acceptors (Lipinski definition) is 4. The van der Waals surface area contributed by atoms with Crippen LogP contribution in [-0.4, -0.2) is 39.5 Å². The zero-order chi connectivity index (χ0) is 13.4. The summed E-state index contributed by atoms with van der Waals surface area (Å²) < 4.78 is 25.9.